The van der Waals surface area contributed by atoms with Gasteiger partial charge in [-0.25, -0.2) is 9.48 Å². The van der Waals surface area contributed by atoms with Crippen molar-refractivity contribution in [2.45, 2.75) is 34.1 Å². The molecule has 0 atom stereocenters. The van der Waals surface area contributed by atoms with Crippen LogP contribution in [0.5, 0.6) is 0 Å². The minimum atomic E-state index is -0.548. The molecule has 31 heavy (non-hydrogen) atoms. The number of ether oxygens (including phenoxy) is 1. The molecule has 0 radical (unpaired) electrons. The number of hydrogen-bond donors (Lipinski definition) is 0. The van der Waals surface area contributed by atoms with Gasteiger partial charge in [0, 0.05) is 30.1 Å². The Labute approximate surface area is 181 Å². The van der Waals surface area contributed by atoms with Crippen molar-refractivity contribution in [2.75, 3.05) is 6.61 Å². The summed E-state index contributed by atoms with van der Waals surface area (Å²) in [7, 11) is 1.83. The molecular formula is C24H27N3O4. The third-order valence-corrected chi connectivity index (χ3v) is 5.31. The van der Waals surface area contributed by atoms with E-state index in [1.54, 1.807) is 33.0 Å². The van der Waals surface area contributed by atoms with E-state index in [1.807, 2.05) is 58.2 Å². The van der Waals surface area contributed by atoms with Gasteiger partial charge in [-0.2, -0.15) is 0 Å². The molecule has 2 aromatic heterocycles. The van der Waals surface area contributed by atoms with E-state index in [4.69, 9.17) is 4.74 Å². The van der Waals surface area contributed by atoms with Crippen LogP contribution in [0.4, 0.5) is 0 Å². The van der Waals surface area contributed by atoms with Gasteiger partial charge < -0.3 is 9.30 Å². The molecule has 0 saturated carbocycles. The van der Waals surface area contributed by atoms with E-state index >= 15 is 0 Å². The summed E-state index contributed by atoms with van der Waals surface area (Å²) < 4.78 is 10.2. The largest absolute Gasteiger partial charge is 0.454 e. The maximum absolute atomic E-state index is 13.4. The molecule has 162 valence electrons. The maximum atomic E-state index is 13.4. The Hall–Kier alpha value is -3.61. The molecule has 3 rings (SSSR count). The molecule has 0 fully saturated rings. The van der Waals surface area contributed by atoms with Crippen molar-refractivity contribution in [1.29, 1.82) is 0 Å². The van der Waals surface area contributed by atoms with E-state index in [0.29, 0.717) is 23.4 Å². The summed E-state index contributed by atoms with van der Waals surface area (Å²) in [5.74, 6) is -0.858. The fourth-order valence-corrected chi connectivity index (χ4v) is 3.68. The standard InChI is InChI=1S/C24H27N3O4/c1-6-7-13-22(29)31-15-21(28)20-14-16(2)26(17(20)3)23-18(4)25(5)27(24(23)30)19-11-9-8-10-12-19/h7-14H,6,15H2,1-5H3/b13-7+. The van der Waals surface area contributed by atoms with Gasteiger partial charge in [0.2, 0.25) is 5.78 Å². The second-order valence-corrected chi connectivity index (χ2v) is 7.37. The first-order chi connectivity index (χ1) is 14.8. The van der Waals surface area contributed by atoms with Crippen molar-refractivity contribution in [3.63, 3.8) is 0 Å². The van der Waals surface area contributed by atoms with E-state index in [9.17, 15) is 14.4 Å². The highest BCUT2D eigenvalue weighted by atomic mass is 16.5. The van der Waals surface area contributed by atoms with Gasteiger partial charge in [0.05, 0.1) is 11.4 Å². The number of allylic oxidation sites excluding steroid dienone is 1. The molecule has 0 aliphatic carbocycles. The monoisotopic (exact) mass is 421 g/mol. The zero-order valence-electron chi connectivity index (χ0n) is 18.5. The highest BCUT2D eigenvalue weighted by molar-refractivity contribution is 6.00. The Bertz CT molecular complexity index is 1210. The number of esters is 1. The summed E-state index contributed by atoms with van der Waals surface area (Å²) in [4.78, 5) is 37.7. The Morgan fingerprint density at radius 2 is 1.74 bits per heavy atom. The number of carbonyl (C=O) groups is 2. The molecule has 3 aromatic rings. The summed E-state index contributed by atoms with van der Waals surface area (Å²) in [6.45, 7) is 7.06. The fourth-order valence-electron chi connectivity index (χ4n) is 3.68. The number of aryl methyl sites for hydroxylation is 1. The first-order valence-electron chi connectivity index (χ1n) is 10.2. The molecule has 1 aromatic carbocycles. The highest BCUT2D eigenvalue weighted by Crippen LogP contribution is 2.23. The van der Waals surface area contributed by atoms with Gasteiger partial charge in [-0.05, 0) is 45.4 Å². The summed E-state index contributed by atoms with van der Waals surface area (Å²) in [5.41, 5.74) is 3.66. The lowest BCUT2D eigenvalue weighted by molar-refractivity contribution is -0.136. The molecule has 0 aliphatic heterocycles. The predicted molar refractivity (Wildman–Crippen MR) is 119 cm³/mol. The van der Waals surface area contributed by atoms with Gasteiger partial charge in [-0.1, -0.05) is 31.2 Å². The van der Waals surface area contributed by atoms with Gasteiger partial charge >= 0.3 is 5.97 Å². The summed E-state index contributed by atoms with van der Waals surface area (Å²) in [5, 5.41) is 0. The van der Waals surface area contributed by atoms with E-state index < -0.39 is 5.97 Å². The number of benzene rings is 1. The molecule has 0 bridgehead atoms. The zero-order valence-corrected chi connectivity index (χ0v) is 18.5. The Balaban J connectivity index is 2.00. The zero-order chi connectivity index (χ0) is 22.7. The molecule has 0 spiro atoms. The van der Waals surface area contributed by atoms with Crippen molar-refractivity contribution in [2.24, 2.45) is 7.05 Å². The van der Waals surface area contributed by atoms with Crippen LogP contribution in [0.15, 0.2) is 53.3 Å². The third kappa shape index (κ3) is 4.17. The van der Waals surface area contributed by atoms with Crippen LogP contribution in [0.3, 0.4) is 0 Å². The normalized spacial score (nSPS) is 11.3. The number of Topliss-reactive ketones (excluding diaryl/α,β-unsaturated/α-hetero) is 1. The topological polar surface area (TPSA) is 75.2 Å². The molecule has 0 aliphatic rings. The molecule has 0 saturated heterocycles. The van der Waals surface area contributed by atoms with Gasteiger partial charge in [0.25, 0.3) is 5.56 Å². The van der Waals surface area contributed by atoms with E-state index in [2.05, 4.69) is 0 Å². The molecule has 0 amide bonds. The lowest BCUT2D eigenvalue weighted by atomic mass is 10.1. The average Bonchev–Trinajstić information content (AvgIpc) is 3.16. The van der Waals surface area contributed by atoms with Crippen LogP contribution in [0, 0.1) is 20.8 Å². The Morgan fingerprint density at radius 1 is 1.06 bits per heavy atom. The number of aromatic nitrogens is 3. The van der Waals surface area contributed by atoms with Crippen LogP contribution in [-0.4, -0.2) is 32.3 Å². The quantitative estimate of drug-likeness (QED) is 0.332. The van der Waals surface area contributed by atoms with Crippen molar-refractivity contribution in [3.8, 4) is 11.4 Å². The van der Waals surface area contributed by atoms with Crippen LogP contribution in [0.1, 0.15) is 40.8 Å². The minimum absolute atomic E-state index is 0.178. The van der Waals surface area contributed by atoms with Crippen molar-refractivity contribution >= 4 is 11.8 Å². The number of hydrogen-bond acceptors (Lipinski definition) is 4. The molecule has 0 unspecified atom stereocenters. The smallest absolute Gasteiger partial charge is 0.330 e. The van der Waals surface area contributed by atoms with Crippen molar-refractivity contribution < 1.29 is 14.3 Å². The molecule has 0 N–H and O–H groups in total. The van der Waals surface area contributed by atoms with Crippen LogP contribution in [0.2, 0.25) is 0 Å². The number of para-hydroxylation sites is 1. The molecule has 7 nitrogen and oxygen atoms in total. The number of ketones is 1. The number of nitrogens with zero attached hydrogens (tertiary/aromatic N) is 3. The van der Waals surface area contributed by atoms with Crippen LogP contribution < -0.4 is 5.56 Å². The number of carbonyl (C=O) groups excluding carboxylic acids is 2. The third-order valence-electron chi connectivity index (χ3n) is 5.31. The predicted octanol–water partition coefficient (Wildman–Crippen LogP) is 3.58. The van der Waals surface area contributed by atoms with E-state index in [0.717, 1.165) is 17.1 Å². The maximum Gasteiger partial charge on any atom is 0.330 e. The fraction of sp³-hybridized carbons (Fsp3) is 0.292. The van der Waals surface area contributed by atoms with Crippen LogP contribution in [-0.2, 0) is 16.6 Å². The lowest BCUT2D eigenvalue weighted by Crippen LogP contribution is -2.22. The van der Waals surface area contributed by atoms with Crippen molar-refractivity contribution in [1.82, 2.24) is 13.9 Å². The second-order valence-electron chi connectivity index (χ2n) is 7.37. The van der Waals surface area contributed by atoms with Gasteiger partial charge in [-0.3, -0.25) is 14.3 Å². The Kier molecular flexibility index (Phi) is 6.44. The molecule has 7 heteroatoms. The van der Waals surface area contributed by atoms with Crippen LogP contribution in [0.25, 0.3) is 11.4 Å². The lowest BCUT2D eigenvalue weighted by Gasteiger charge is -2.08. The average molecular weight is 421 g/mol. The Morgan fingerprint density at radius 3 is 2.39 bits per heavy atom. The SMILES string of the molecule is CC/C=C/C(=O)OCC(=O)c1cc(C)n(-c2c(C)n(C)n(-c3ccccc3)c2=O)c1C. The van der Waals surface area contributed by atoms with Crippen molar-refractivity contribution in [3.05, 3.63) is 81.5 Å². The summed E-state index contributed by atoms with van der Waals surface area (Å²) in [6.07, 6.45) is 3.70. The first kappa shape index (κ1) is 22.1. The molecular weight excluding hydrogens is 394 g/mol. The molecule has 2 heterocycles. The van der Waals surface area contributed by atoms with Gasteiger partial charge in [0.15, 0.2) is 6.61 Å². The van der Waals surface area contributed by atoms with E-state index in [1.165, 1.54) is 6.08 Å². The van der Waals surface area contributed by atoms with E-state index in [-0.39, 0.29) is 17.9 Å². The van der Waals surface area contributed by atoms with Gasteiger partial charge in [-0.15, -0.1) is 0 Å². The highest BCUT2D eigenvalue weighted by Gasteiger charge is 2.24. The summed E-state index contributed by atoms with van der Waals surface area (Å²) in [6, 6.07) is 11.1. The first-order valence-corrected chi connectivity index (χ1v) is 10.2. The van der Waals surface area contributed by atoms with Gasteiger partial charge in [0.1, 0.15) is 5.69 Å². The second kappa shape index (κ2) is 9.04. The number of rotatable bonds is 7. The van der Waals surface area contributed by atoms with Crippen LogP contribution >= 0.6 is 0 Å². The summed E-state index contributed by atoms with van der Waals surface area (Å²) >= 11 is 0. The minimum Gasteiger partial charge on any atom is -0.454 e.